The van der Waals surface area contributed by atoms with Crippen molar-refractivity contribution in [2.75, 3.05) is 31.1 Å². The van der Waals surface area contributed by atoms with E-state index in [-0.39, 0.29) is 5.91 Å². The van der Waals surface area contributed by atoms with E-state index in [1.807, 2.05) is 13.8 Å². The van der Waals surface area contributed by atoms with Crippen molar-refractivity contribution in [1.82, 2.24) is 10.2 Å². The maximum atomic E-state index is 14.0. The number of halogens is 2. The van der Waals surface area contributed by atoms with Gasteiger partial charge < -0.3 is 10.1 Å². The predicted octanol–water partition coefficient (Wildman–Crippen LogP) is 4.27. The highest BCUT2D eigenvalue weighted by Gasteiger charge is 2.39. The number of cyclic esters (lactones) is 1. The lowest BCUT2D eigenvalue weighted by Gasteiger charge is -2.42. The normalized spacial score (nSPS) is 18.0. The van der Waals surface area contributed by atoms with Gasteiger partial charge in [-0.1, -0.05) is 6.07 Å². The number of likely N-dealkylation sites (tertiary alicyclic amines) is 1. The fourth-order valence-electron chi connectivity index (χ4n) is 4.47. The molecule has 2 aromatic carbocycles. The molecule has 1 atom stereocenters. The molecule has 2 aromatic rings. The summed E-state index contributed by atoms with van der Waals surface area (Å²) in [6.45, 7) is 6.57. The number of benzene rings is 2. The van der Waals surface area contributed by atoms with Gasteiger partial charge in [-0.25, -0.2) is 13.6 Å². The van der Waals surface area contributed by atoms with Crippen molar-refractivity contribution >= 4 is 17.7 Å². The number of nitrogens with zero attached hydrogens (tertiary/aromatic N) is 2. The van der Waals surface area contributed by atoms with Gasteiger partial charge in [-0.15, -0.1) is 0 Å². The Morgan fingerprint density at radius 1 is 1.03 bits per heavy atom. The first-order chi connectivity index (χ1) is 15.3. The minimum absolute atomic E-state index is 0.331. The molecular weight excluding hydrogens is 416 g/mol. The van der Waals surface area contributed by atoms with Crippen molar-refractivity contribution in [3.8, 4) is 0 Å². The second-order valence-corrected chi connectivity index (χ2v) is 8.74. The minimum Gasteiger partial charge on any atom is -0.447 e. The second kappa shape index (κ2) is 8.86. The summed E-state index contributed by atoms with van der Waals surface area (Å²) in [4.78, 5) is 28.6. The Hall–Kier alpha value is -3.00. The number of amides is 2. The number of anilines is 1. The van der Waals surface area contributed by atoms with Crippen LogP contribution >= 0.6 is 0 Å². The van der Waals surface area contributed by atoms with Crippen LogP contribution in [-0.4, -0.2) is 48.7 Å². The predicted molar refractivity (Wildman–Crippen MR) is 117 cm³/mol. The van der Waals surface area contributed by atoms with Crippen LogP contribution in [-0.2, 0) is 4.74 Å². The molecule has 0 saturated carbocycles. The van der Waals surface area contributed by atoms with Gasteiger partial charge in [0.15, 0.2) is 11.6 Å². The molecule has 2 amide bonds. The van der Waals surface area contributed by atoms with E-state index >= 15 is 0 Å². The van der Waals surface area contributed by atoms with Gasteiger partial charge in [0, 0.05) is 16.8 Å². The lowest BCUT2D eigenvalue weighted by atomic mass is 9.86. The van der Waals surface area contributed by atoms with Crippen molar-refractivity contribution < 1.29 is 23.1 Å². The van der Waals surface area contributed by atoms with E-state index in [9.17, 15) is 18.4 Å². The molecule has 4 rings (SSSR count). The molecule has 0 aliphatic carbocycles. The van der Waals surface area contributed by atoms with Gasteiger partial charge >= 0.3 is 6.09 Å². The molecule has 0 spiro atoms. The number of carbonyl (C=O) groups excluding carboxylic acids is 2. The lowest BCUT2D eigenvalue weighted by molar-refractivity contribution is 0.0778. The zero-order chi connectivity index (χ0) is 22.9. The Morgan fingerprint density at radius 2 is 1.72 bits per heavy atom. The van der Waals surface area contributed by atoms with Crippen molar-refractivity contribution in [2.24, 2.45) is 0 Å². The van der Waals surface area contributed by atoms with Crippen LogP contribution in [0.25, 0.3) is 0 Å². The van der Waals surface area contributed by atoms with Crippen LogP contribution in [0.15, 0.2) is 42.5 Å². The molecule has 2 fully saturated rings. The van der Waals surface area contributed by atoms with Gasteiger partial charge in [0.1, 0.15) is 6.61 Å². The summed E-state index contributed by atoms with van der Waals surface area (Å²) < 4.78 is 32.6. The van der Waals surface area contributed by atoms with Gasteiger partial charge in [-0.2, -0.15) is 0 Å². The average molecular weight is 443 g/mol. The van der Waals surface area contributed by atoms with E-state index < -0.39 is 29.3 Å². The zero-order valence-electron chi connectivity index (χ0n) is 18.2. The first-order valence-electron chi connectivity index (χ1n) is 10.8. The summed E-state index contributed by atoms with van der Waals surface area (Å²) in [5.41, 5.74) is 1.05. The smallest absolute Gasteiger partial charge is 0.414 e. The Balaban J connectivity index is 1.59. The monoisotopic (exact) mass is 443 g/mol. The van der Waals surface area contributed by atoms with E-state index in [1.165, 1.54) is 11.0 Å². The number of hydrogen-bond donors (Lipinski definition) is 1. The Bertz CT molecular complexity index is 1000. The quantitative estimate of drug-likeness (QED) is 0.725. The summed E-state index contributed by atoms with van der Waals surface area (Å²) in [5, 5.41) is 3.04. The maximum absolute atomic E-state index is 14.0. The SMILES string of the molecule is CC(C)([C@@H](NC(=O)c1ccc(N2CCOC2=O)cc1)c1ccc(F)c(F)c1)N1CCCC1. The van der Waals surface area contributed by atoms with Crippen LogP contribution in [0.1, 0.15) is 48.7 Å². The Kier molecular flexibility index (Phi) is 6.15. The number of nitrogens with one attached hydrogen (secondary N) is 1. The second-order valence-electron chi connectivity index (χ2n) is 8.74. The summed E-state index contributed by atoms with van der Waals surface area (Å²) in [5.74, 6) is -2.20. The molecular formula is C24H27F2N3O3. The largest absolute Gasteiger partial charge is 0.447 e. The van der Waals surface area contributed by atoms with Crippen LogP contribution < -0.4 is 10.2 Å². The standard InChI is InChI=1S/C24H27F2N3O3/c1-24(2,28-11-3-4-12-28)21(17-7-10-19(25)20(26)15-17)27-22(30)16-5-8-18(9-6-16)29-13-14-32-23(29)31/h5-10,15,21H,3-4,11-14H2,1-2H3,(H,27,30)/t21-/m0/s1. The molecule has 2 aliphatic heterocycles. The van der Waals surface area contributed by atoms with E-state index in [0.717, 1.165) is 38.1 Å². The summed E-state index contributed by atoms with van der Waals surface area (Å²) in [6, 6.07) is 9.87. The summed E-state index contributed by atoms with van der Waals surface area (Å²) in [6.07, 6.45) is 1.71. The number of rotatable bonds is 6. The fourth-order valence-corrected chi connectivity index (χ4v) is 4.47. The highest BCUT2D eigenvalue weighted by Crippen LogP contribution is 2.34. The van der Waals surface area contributed by atoms with Crippen molar-refractivity contribution in [1.29, 1.82) is 0 Å². The summed E-state index contributed by atoms with van der Waals surface area (Å²) in [7, 11) is 0. The third-order valence-electron chi connectivity index (χ3n) is 6.38. The van der Waals surface area contributed by atoms with E-state index in [0.29, 0.717) is 30.0 Å². The molecule has 6 nitrogen and oxygen atoms in total. The fraction of sp³-hybridized carbons (Fsp3) is 0.417. The van der Waals surface area contributed by atoms with Gasteiger partial charge in [0.25, 0.3) is 5.91 Å². The first kappa shape index (κ1) is 22.2. The molecule has 0 aromatic heterocycles. The van der Waals surface area contributed by atoms with Crippen LogP contribution in [0, 0.1) is 11.6 Å². The van der Waals surface area contributed by atoms with Gasteiger partial charge in [0.05, 0.1) is 12.6 Å². The van der Waals surface area contributed by atoms with Crippen molar-refractivity contribution in [3.05, 3.63) is 65.2 Å². The van der Waals surface area contributed by atoms with Crippen LogP contribution in [0.4, 0.5) is 19.3 Å². The number of hydrogen-bond acceptors (Lipinski definition) is 4. The molecule has 8 heteroatoms. The maximum Gasteiger partial charge on any atom is 0.414 e. The van der Waals surface area contributed by atoms with Crippen LogP contribution in [0.5, 0.6) is 0 Å². The number of carbonyl (C=O) groups is 2. The number of ether oxygens (including phenoxy) is 1. The highest BCUT2D eigenvalue weighted by atomic mass is 19.2. The Morgan fingerprint density at radius 3 is 2.31 bits per heavy atom. The van der Waals surface area contributed by atoms with Gasteiger partial charge in [-0.3, -0.25) is 14.6 Å². The third kappa shape index (κ3) is 4.32. The molecule has 1 N–H and O–H groups in total. The van der Waals surface area contributed by atoms with E-state index in [2.05, 4.69) is 10.2 Å². The van der Waals surface area contributed by atoms with Crippen LogP contribution in [0.3, 0.4) is 0 Å². The first-order valence-corrected chi connectivity index (χ1v) is 10.8. The molecule has 170 valence electrons. The summed E-state index contributed by atoms with van der Waals surface area (Å²) >= 11 is 0. The molecule has 2 heterocycles. The third-order valence-corrected chi connectivity index (χ3v) is 6.38. The molecule has 0 radical (unpaired) electrons. The molecule has 2 saturated heterocycles. The molecule has 0 unspecified atom stereocenters. The van der Waals surface area contributed by atoms with Crippen molar-refractivity contribution in [3.63, 3.8) is 0 Å². The molecule has 2 aliphatic rings. The van der Waals surface area contributed by atoms with Gasteiger partial charge in [-0.05, 0) is 81.7 Å². The average Bonchev–Trinajstić information content (AvgIpc) is 3.46. The van der Waals surface area contributed by atoms with E-state index in [1.54, 1.807) is 24.3 Å². The lowest BCUT2D eigenvalue weighted by Crippen LogP contribution is -2.52. The van der Waals surface area contributed by atoms with Crippen LogP contribution in [0.2, 0.25) is 0 Å². The topological polar surface area (TPSA) is 61.9 Å². The molecule has 32 heavy (non-hydrogen) atoms. The minimum atomic E-state index is -0.944. The Labute approximate surface area is 186 Å². The highest BCUT2D eigenvalue weighted by molar-refractivity contribution is 5.96. The van der Waals surface area contributed by atoms with Crippen molar-refractivity contribution in [2.45, 2.75) is 38.3 Å². The molecule has 0 bridgehead atoms. The zero-order valence-corrected chi connectivity index (χ0v) is 18.2. The van der Waals surface area contributed by atoms with Gasteiger partial charge in [0.2, 0.25) is 0 Å². The van der Waals surface area contributed by atoms with E-state index in [4.69, 9.17) is 4.74 Å².